The lowest BCUT2D eigenvalue weighted by molar-refractivity contribution is 0.414. The molecule has 0 amide bonds. The highest BCUT2D eigenvalue weighted by atomic mass is 16.5. The van der Waals surface area contributed by atoms with Gasteiger partial charge in [0.1, 0.15) is 17.5 Å². The van der Waals surface area contributed by atoms with Crippen molar-refractivity contribution in [2.45, 2.75) is 6.04 Å². The Balaban J connectivity index is 2.13. The van der Waals surface area contributed by atoms with Gasteiger partial charge in [-0.2, -0.15) is 5.26 Å². The summed E-state index contributed by atoms with van der Waals surface area (Å²) in [5, 5.41) is 12.5. The number of hydrogen-bond acceptors (Lipinski definition) is 4. The molecule has 0 spiro atoms. The van der Waals surface area contributed by atoms with E-state index < -0.39 is 6.04 Å². The van der Waals surface area contributed by atoms with Crippen molar-refractivity contribution < 1.29 is 9.47 Å². The summed E-state index contributed by atoms with van der Waals surface area (Å²) in [5.74, 6) is 1.56. The van der Waals surface area contributed by atoms with E-state index in [0.29, 0.717) is 0 Å². The molecule has 0 heterocycles. The van der Waals surface area contributed by atoms with E-state index in [9.17, 15) is 5.26 Å². The molecule has 1 atom stereocenters. The van der Waals surface area contributed by atoms with Crippen molar-refractivity contribution in [2.75, 3.05) is 19.5 Å². The van der Waals surface area contributed by atoms with E-state index in [4.69, 9.17) is 9.47 Å². The summed E-state index contributed by atoms with van der Waals surface area (Å²) in [6.07, 6.45) is 0. The molecular formula is C16H16N2O2. The summed E-state index contributed by atoms with van der Waals surface area (Å²) >= 11 is 0. The molecule has 102 valence electrons. The van der Waals surface area contributed by atoms with Gasteiger partial charge in [-0.3, -0.25) is 0 Å². The predicted octanol–water partition coefficient (Wildman–Crippen LogP) is 3.38. The second-order valence-electron chi connectivity index (χ2n) is 4.21. The number of nitrogens with one attached hydrogen (secondary N) is 1. The van der Waals surface area contributed by atoms with Crippen LogP contribution in [0.2, 0.25) is 0 Å². The molecule has 4 heteroatoms. The van der Waals surface area contributed by atoms with E-state index in [1.165, 1.54) is 0 Å². The molecule has 0 aliphatic rings. The average molecular weight is 268 g/mol. The smallest absolute Gasteiger partial charge is 0.140 e. The maximum absolute atomic E-state index is 9.30. The molecule has 2 aromatic rings. The van der Waals surface area contributed by atoms with Gasteiger partial charge < -0.3 is 14.8 Å². The highest BCUT2D eigenvalue weighted by Gasteiger charge is 2.10. The molecule has 0 saturated carbocycles. The lowest BCUT2D eigenvalue weighted by atomic mass is 10.1. The van der Waals surface area contributed by atoms with Crippen molar-refractivity contribution in [3.05, 3.63) is 54.1 Å². The first-order valence-corrected chi connectivity index (χ1v) is 6.21. The highest BCUT2D eigenvalue weighted by molar-refractivity contribution is 5.50. The number of hydrogen-bond donors (Lipinski definition) is 1. The fourth-order valence-corrected chi connectivity index (χ4v) is 1.84. The minimum Gasteiger partial charge on any atom is -0.497 e. The zero-order valence-corrected chi connectivity index (χ0v) is 11.5. The van der Waals surface area contributed by atoms with Gasteiger partial charge in [0, 0.05) is 5.69 Å². The average Bonchev–Trinajstić information content (AvgIpc) is 2.53. The van der Waals surface area contributed by atoms with Gasteiger partial charge in [-0.25, -0.2) is 0 Å². The topological polar surface area (TPSA) is 54.3 Å². The Morgan fingerprint density at radius 3 is 1.85 bits per heavy atom. The molecule has 0 radical (unpaired) electrons. The number of ether oxygens (including phenoxy) is 2. The van der Waals surface area contributed by atoms with E-state index in [1.807, 2.05) is 48.5 Å². The fraction of sp³-hybridized carbons (Fsp3) is 0.188. The monoisotopic (exact) mass is 268 g/mol. The van der Waals surface area contributed by atoms with Gasteiger partial charge >= 0.3 is 0 Å². The van der Waals surface area contributed by atoms with Crippen molar-refractivity contribution in [3.63, 3.8) is 0 Å². The minimum atomic E-state index is -0.408. The number of anilines is 1. The standard InChI is InChI=1S/C16H16N2O2/c1-19-14-7-3-12(4-8-14)16(11-17)18-13-5-9-15(20-2)10-6-13/h3-10,16,18H,1-2H3/t16-/m0/s1. The fourth-order valence-electron chi connectivity index (χ4n) is 1.84. The van der Waals surface area contributed by atoms with E-state index in [1.54, 1.807) is 14.2 Å². The third-order valence-corrected chi connectivity index (χ3v) is 2.98. The van der Waals surface area contributed by atoms with Crippen LogP contribution in [0.25, 0.3) is 0 Å². The molecule has 0 fully saturated rings. The van der Waals surface area contributed by atoms with Crippen LogP contribution in [0.15, 0.2) is 48.5 Å². The Kier molecular flexibility index (Phi) is 4.46. The molecule has 0 unspecified atom stereocenters. The largest absolute Gasteiger partial charge is 0.497 e. The van der Waals surface area contributed by atoms with Gasteiger partial charge in [0.15, 0.2) is 0 Å². The molecule has 0 aliphatic heterocycles. The van der Waals surface area contributed by atoms with Crippen LogP contribution in [0.4, 0.5) is 5.69 Å². The summed E-state index contributed by atoms with van der Waals surface area (Å²) in [6.45, 7) is 0. The third-order valence-electron chi connectivity index (χ3n) is 2.98. The Morgan fingerprint density at radius 1 is 0.900 bits per heavy atom. The van der Waals surface area contributed by atoms with E-state index in [-0.39, 0.29) is 0 Å². The van der Waals surface area contributed by atoms with Crippen LogP contribution < -0.4 is 14.8 Å². The first-order chi connectivity index (χ1) is 9.76. The van der Waals surface area contributed by atoms with Gasteiger partial charge in [0.25, 0.3) is 0 Å². The number of nitrogens with zero attached hydrogens (tertiary/aromatic N) is 1. The third kappa shape index (κ3) is 3.21. The SMILES string of the molecule is COc1ccc(N[C@@H](C#N)c2ccc(OC)cc2)cc1. The molecule has 0 saturated heterocycles. The van der Waals surface area contributed by atoms with Crippen LogP contribution in [0.5, 0.6) is 11.5 Å². The van der Waals surface area contributed by atoms with E-state index in [2.05, 4.69) is 11.4 Å². The Labute approximate surface area is 118 Å². The van der Waals surface area contributed by atoms with E-state index in [0.717, 1.165) is 22.7 Å². The molecule has 4 nitrogen and oxygen atoms in total. The Bertz CT molecular complexity index is 585. The number of nitriles is 1. The summed E-state index contributed by atoms with van der Waals surface area (Å²) in [6, 6.07) is 16.8. The van der Waals surface area contributed by atoms with Crippen molar-refractivity contribution in [2.24, 2.45) is 0 Å². The summed E-state index contributed by atoms with van der Waals surface area (Å²) in [7, 11) is 3.24. The second-order valence-corrected chi connectivity index (χ2v) is 4.21. The minimum absolute atomic E-state index is 0.408. The predicted molar refractivity (Wildman–Crippen MR) is 78.0 cm³/mol. The lowest BCUT2D eigenvalue weighted by Crippen LogP contribution is -2.08. The Hall–Kier alpha value is -2.67. The van der Waals surface area contributed by atoms with Gasteiger partial charge in [0.05, 0.1) is 20.3 Å². The molecule has 2 aromatic carbocycles. The maximum Gasteiger partial charge on any atom is 0.140 e. The van der Waals surface area contributed by atoms with Gasteiger partial charge in [-0.1, -0.05) is 12.1 Å². The van der Waals surface area contributed by atoms with Crippen LogP contribution in [-0.2, 0) is 0 Å². The summed E-state index contributed by atoms with van der Waals surface area (Å²) in [5.41, 5.74) is 1.76. The number of benzene rings is 2. The summed E-state index contributed by atoms with van der Waals surface area (Å²) in [4.78, 5) is 0. The van der Waals surface area contributed by atoms with Crippen molar-refractivity contribution in [1.82, 2.24) is 0 Å². The maximum atomic E-state index is 9.30. The van der Waals surface area contributed by atoms with Gasteiger partial charge in [0.2, 0.25) is 0 Å². The molecule has 0 aromatic heterocycles. The van der Waals surface area contributed by atoms with Crippen molar-refractivity contribution >= 4 is 5.69 Å². The molecular weight excluding hydrogens is 252 g/mol. The normalized spacial score (nSPS) is 11.2. The second kappa shape index (κ2) is 6.48. The zero-order valence-electron chi connectivity index (χ0n) is 11.5. The molecule has 0 bridgehead atoms. The van der Waals surface area contributed by atoms with Crippen LogP contribution in [0.3, 0.4) is 0 Å². The molecule has 20 heavy (non-hydrogen) atoms. The van der Waals surface area contributed by atoms with E-state index >= 15 is 0 Å². The lowest BCUT2D eigenvalue weighted by Gasteiger charge is -2.14. The molecule has 0 aliphatic carbocycles. The van der Waals surface area contributed by atoms with Gasteiger partial charge in [-0.15, -0.1) is 0 Å². The van der Waals surface area contributed by atoms with Crippen LogP contribution in [0.1, 0.15) is 11.6 Å². The van der Waals surface area contributed by atoms with Crippen molar-refractivity contribution in [1.29, 1.82) is 5.26 Å². The highest BCUT2D eigenvalue weighted by Crippen LogP contribution is 2.23. The number of methoxy groups -OCH3 is 2. The zero-order chi connectivity index (χ0) is 14.4. The summed E-state index contributed by atoms with van der Waals surface area (Å²) < 4.78 is 10.2. The first-order valence-electron chi connectivity index (χ1n) is 6.21. The number of rotatable bonds is 5. The first kappa shape index (κ1) is 13.8. The van der Waals surface area contributed by atoms with Crippen LogP contribution >= 0.6 is 0 Å². The molecule has 2 rings (SSSR count). The van der Waals surface area contributed by atoms with Crippen molar-refractivity contribution in [3.8, 4) is 17.6 Å². The Morgan fingerprint density at radius 2 is 1.40 bits per heavy atom. The quantitative estimate of drug-likeness (QED) is 0.903. The van der Waals surface area contributed by atoms with Gasteiger partial charge in [-0.05, 0) is 42.0 Å². The van der Waals surface area contributed by atoms with Crippen LogP contribution in [0, 0.1) is 11.3 Å². The molecule has 1 N–H and O–H groups in total. The van der Waals surface area contributed by atoms with Crippen LogP contribution in [-0.4, -0.2) is 14.2 Å².